The Morgan fingerprint density at radius 1 is 1.07 bits per heavy atom. The largest absolute Gasteiger partial charge is 0.493 e. The van der Waals surface area contributed by atoms with E-state index in [4.69, 9.17) is 14.2 Å². The van der Waals surface area contributed by atoms with Crippen LogP contribution in [0.2, 0.25) is 0 Å². The van der Waals surface area contributed by atoms with E-state index in [9.17, 15) is 4.39 Å². The molecule has 0 aliphatic rings. The maximum Gasteiger partial charge on any atom is 0.193 e. The summed E-state index contributed by atoms with van der Waals surface area (Å²) >= 11 is 0. The van der Waals surface area contributed by atoms with Gasteiger partial charge in [-0.1, -0.05) is 18.2 Å². The molecule has 0 saturated carbocycles. The SMILES string of the molecule is CN=C(NCC(OC)c1ccc(F)cc1)N(C)CCc1ccc(OC)c(OC)c1.I. The molecule has 0 amide bonds. The second-order valence-corrected chi connectivity index (χ2v) is 6.56. The molecule has 0 spiro atoms. The van der Waals surface area contributed by atoms with Crippen LogP contribution in [0.1, 0.15) is 17.2 Å². The number of hydrogen-bond donors (Lipinski definition) is 1. The number of likely N-dealkylation sites (N-methyl/N-ethyl adjacent to an activating group) is 1. The second-order valence-electron chi connectivity index (χ2n) is 6.56. The fourth-order valence-corrected chi connectivity index (χ4v) is 3.02. The summed E-state index contributed by atoms with van der Waals surface area (Å²) in [5, 5.41) is 3.32. The number of nitrogens with zero attached hydrogens (tertiary/aromatic N) is 2. The molecule has 1 N–H and O–H groups in total. The normalized spacial score (nSPS) is 12.0. The van der Waals surface area contributed by atoms with Gasteiger partial charge in [0.25, 0.3) is 0 Å². The molecule has 2 rings (SSSR count). The van der Waals surface area contributed by atoms with Gasteiger partial charge in [0.2, 0.25) is 0 Å². The van der Waals surface area contributed by atoms with E-state index >= 15 is 0 Å². The Balaban J connectivity index is 0.00000450. The molecule has 166 valence electrons. The average Bonchev–Trinajstić information content (AvgIpc) is 2.75. The number of aliphatic imine (C=N–C) groups is 1. The van der Waals surface area contributed by atoms with Crippen LogP contribution in [0.3, 0.4) is 0 Å². The van der Waals surface area contributed by atoms with Crippen molar-refractivity contribution in [2.45, 2.75) is 12.5 Å². The molecule has 0 fully saturated rings. The molecule has 1 atom stereocenters. The van der Waals surface area contributed by atoms with Gasteiger partial charge in [-0.2, -0.15) is 0 Å². The van der Waals surface area contributed by atoms with Crippen molar-refractivity contribution in [1.82, 2.24) is 10.2 Å². The molecule has 1 unspecified atom stereocenters. The highest BCUT2D eigenvalue weighted by atomic mass is 127. The number of ether oxygens (including phenoxy) is 3. The molecule has 6 nitrogen and oxygen atoms in total. The summed E-state index contributed by atoms with van der Waals surface area (Å²) in [7, 11) is 8.62. The first-order chi connectivity index (χ1) is 14.0. The first kappa shape index (κ1) is 26.0. The van der Waals surface area contributed by atoms with Crippen LogP contribution >= 0.6 is 24.0 Å². The van der Waals surface area contributed by atoms with Crippen LogP contribution in [0.5, 0.6) is 11.5 Å². The van der Waals surface area contributed by atoms with E-state index in [2.05, 4.69) is 10.3 Å². The molecular weight excluding hydrogens is 500 g/mol. The predicted octanol–water partition coefficient (Wildman–Crippen LogP) is 3.90. The number of guanidine groups is 1. The van der Waals surface area contributed by atoms with Gasteiger partial charge in [0.05, 0.1) is 20.3 Å². The third kappa shape index (κ3) is 7.32. The van der Waals surface area contributed by atoms with Crippen molar-refractivity contribution < 1.29 is 18.6 Å². The zero-order valence-corrected chi connectivity index (χ0v) is 20.5. The second kappa shape index (κ2) is 13.3. The smallest absolute Gasteiger partial charge is 0.193 e. The number of hydrogen-bond acceptors (Lipinski definition) is 4. The average molecular weight is 531 g/mol. The van der Waals surface area contributed by atoms with Crippen molar-refractivity contribution in [2.75, 3.05) is 48.5 Å². The number of benzene rings is 2. The molecule has 0 heterocycles. The first-order valence-corrected chi connectivity index (χ1v) is 9.43. The Kier molecular flexibility index (Phi) is 11.5. The molecule has 0 aliphatic carbocycles. The van der Waals surface area contributed by atoms with Crippen molar-refractivity contribution in [1.29, 1.82) is 0 Å². The molecule has 2 aromatic rings. The topological polar surface area (TPSA) is 55.3 Å². The van der Waals surface area contributed by atoms with Crippen LogP contribution < -0.4 is 14.8 Å². The van der Waals surface area contributed by atoms with Gasteiger partial charge in [0.15, 0.2) is 17.5 Å². The molecule has 0 saturated heterocycles. The summed E-state index contributed by atoms with van der Waals surface area (Å²) in [6, 6.07) is 12.3. The van der Waals surface area contributed by atoms with Crippen LogP contribution in [-0.2, 0) is 11.2 Å². The van der Waals surface area contributed by atoms with Crippen molar-refractivity contribution in [3.63, 3.8) is 0 Å². The maximum atomic E-state index is 13.1. The lowest BCUT2D eigenvalue weighted by Gasteiger charge is -2.24. The number of halogens is 2. The van der Waals surface area contributed by atoms with E-state index in [-0.39, 0.29) is 35.9 Å². The Labute approximate surface area is 195 Å². The van der Waals surface area contributed by atoms with Crippen LogP contribution in [0.4, 0.5) is 4.39 Å². The monoisotopic (exact) mass is 531 g/mol. The summed E-state index contributed by atoms with van der Waals surface area (Å²) in [5.41, 5.74) is 2.05. The summed E-state index contributed by atoms with van der Waals surface area (Å²) in [6.45, 7) is 1.29. The summed E-state index contributed by atoms with van der Waals surface area (Å²) < 4.78 is 29.3. The summed E-state index contributed by atoms with van der Waals surface area (Å²) in [5.74, 6) is 1.93. The Morgan fingerprint density at radius 2 is 1.73 bits per heavy atom. The molecule has 0 bridgehead atoms. The van der Waals surface area contributed by atoms with Gasteiger partial charge in [-0.15, -0.1) is 24.0 Å². The van der Waals surface area contributed by atoms with Gasteiger partial charge in [0, 0.05) is 34.3 Å². The van der Waals surface area contributed by atoms with Crippen molar-refractivity contribution >= 4 is 29.9 Å². The van der Waals surface area contributed by atoms with Gasteiger partial charge in [-0.3, -0.25) is 4.99 Å². The van der Waals surface area contributed by atoms with Gasteiger partial charge in [-0.05, 0) is 41.8 Å². The maximum absolute atomic E-state index is 13.1. The van der Waals surface area contributed by atoms with Crippen LogP contribution in [-0.4, -0.2) is 59.4 Å². The Hall–Kier alpha value is -2.07. The predicted molar refractivity (Wildman–Crippen MR) is 129 cm³/mol. The van der Waals surface area contributed by atoms with E-state index in [0.29, 0.717) is 12.3 Å². The van der Waals surface area contributed by atoms with Gasteiger partial charge < -0.3 is 24.4 Å². The first-order valence-electron chi connectivity index (χ1n) is 9.43. The van der Waals surface area contributed by atoms with Crippen LogP contribution in [0.15, 0.2) is 47.5 Å². The van der Waals surface area contributed by atoms with Crippen molar-refractivity contribution in [2.24, 2.45) is 4.99 Å². The third-order valence-electron chi connectivity index (χ3n) is 4.73. The fraction of sp³-hybridized carbons (Fsp3) is 0.409. The van der Waals surface area contributed by atoms with E-state index in [1.54, 1.807) is 40.5 Å². The standard InChI is InChI=1S/C22H30FN3O3.HI/c1-24-22(25-15-21(29-5)17-7-9-18(23)10-8-17)26(2)13-12-16-6-11-19(27-3)20(14-16)28-4;/h6-11,14,21H,12-13,15H2,1-5H3,(H,24,25);1H. The molecule has 30 heavy (non-hydrogen) atoms. The van der Waals surface area contributed by atoms with Gasteiger partial charge in [0.1, 0.15) is 5.82 Å². The number of nitrogens with one attached hydrogen (secondary N) is 1. The lowest BCUT2D eigenvalue weighted by Crippen LogP contribution is -2.41. The molecule has 0 aliphatic heterocycles. The number of methoxy groups -OCH3 is 3. The van der Waals surface area contributed by atoms with E-state index in [1.165, 1.54) is 12.1 Å². The van der Waals surface area contributed by atoms with Gasteiger partial charge in [-0.25, -0.2) is 4.39 Å². The van der Waals surface area contributed by atoms with Crippen LogP contribution in [0.25, 0.3) is 0 Å². The number of rotatable bonds is 9. The van der Waals surface area contributed by atoms with E-state index < -0.39 is 0 Å². The summed E-state index contributed by atoms with van der Waals surface area (Å²) in [4.78, 5) is 6.40. The van der Waals surface area contributed by atoms with Crippen molar-refractivity contribution in [3.8, 4) is 11.5 Å². The Bertz CT molecular complexity index is 803. The van der Waals surface area contributed by atoms with Crippen molar-refractivity contribution in [3.05, 3.63) is 59.4 Å². The zero-order valence-electron chi connectivity index (χ0n) is 18.1. The fourth-order valence-electron chi connectivity index (χ4n) is 3.02. The highest BCUT2D eigenvalue weighted by Gasteiger charge is 2.14. The molecule has 8 heteroatoms. The highest BCUT2D eigenvalue weighted by Crippen LogP contribution is 2.27. The third-order valence-corrected chi connectivity index (χ3v) is 4.73. The lowest BCUT2D eigenvalue weighted by molar-refractivity contribution is 0.106. The minimum atomic E-state index is -0.262. The minimum absolute atomic E-state index is 0. The summed E-state index contributed by atoms with van der Waals surface area (Å²) in [6.07, 6.45) is 0.620. The zero-order chi connectivity index (χ0) is 21.2. The quantitative estimate of drug-likeness (QED) is 0.302. The van der Waals surface area contributed by atoms with E-state index in [1.807, 2.05) is 30.1 Å². The molecule has 2 aromatic carbocycles. The molecular formula is C22H31FIN3O3. The van der Waals surface area contributed by atoms with Crippen LogP contribution in [0, 0.1) is 5.82 Å². The highest BCUT2D eigenvalue weighted by molar-refractivity contribution is 14.0. The Morgan fingerprint density at radius 3 is 2.30 bits per heavy atom. The van der Waals surface area contributed by atoms with Gasteiger partial charge >= 0.3 is 0 Å². The lowest BCUT2D eigenvalue weighted by atomic mass is 10.1. The minimum Gasteiger partial charge on any atom is -0.493 e. The molecule has 0 radical (unpaired) electrons. The molecule has 0 aromatic heterocycles. The van der Waals surface area contributed by atoms with E-state index in [0.717, 1.165) is 35.8 Å².